The predicted molar refractivity (Wildman–Crippen MR) is 47.4 cm³/mol. The van der Waals surface area contributed by atoms with Crippen molar-refractivity contribution in [1.82, 2.24) is 5.32 Å². The van der Waals surface area contributed by atoms with Gasteiger partial charge in [-0.1, -0.05) is 0 Å². The number of aliphatic hydroxyl groups is 2. The number of hydrogen-bond donors (Lipinski definition) is 5. The van der Waals surface area contributed by atoms with Gasteiger partial charge in [-0.15, -0.1) is 0 Å². The number of carboxylic acid groups (broad SMARTS) is 2. The second-order valence-electron chi connectivity index (χ2n) is 3.80. The molecule has 2 atom stereocenters. The van der Waals surface area contributed by atoms with Crippen molar-refractivity contribution >= 4 is 17.8 Å². The van der Waals surface area contributed by atoms with Crippen molar-refractivity contribution in [1.29, 1.82) is 0 Å². The summed E-state index contributed by atoms with van der Waals surface area (Å²) in [6.45, 7) is -0.207. The molecule has 0 spiro atoms. The van der Waals surface area contributed by atoms with Gasteiger partial charge >= 0.3 is 11.9 Å². The molecule has 0 aliphatic carbocycles. The third kappa shape index (κ3) is 2.12. The summed E-state index contributed by atoms with van der Waals surface area (Å²) in [5.74, 6) is -4.14. The lowest BCUT2D eigenvalue weighted by Crippen LogP contribution is -2.68. The molecule has 0 bridgehead atoms. The zero-order valence-electron chi connectivity index (χ0n) is 8.13. The van der Waals surface area contributed by atoms with Crippen LogP contribution in [0.15, 0.2) is 0 Å². The molecule has 8 heteroatoms. The molecular formula is C8H11NO7. The highest BCUT2D eigenvalue weighted by Gasteiger charge is 2.53. The number of β-lactam (4-membered cyclic amide) rings is 1. The van der Waals surface area contributed by atoms with Gasteiger partial charge in [0.15, 0.2) is 11.2 Å². The number of carboxylic acids is 2. The molecule has 1 aliphatic heterocycles. The second-order valence-corrected chi connectivity index (χ2v) is 3.80. The van der Waals surface area contributed by atoms with Gasteiger partial charge in [-0.3, -0.25) is 9.59 Å². The van der Waals surface area contributed by atoms with Crippen LogP contribution in [0.2, 0.25) is 0 Å². The highest BCUT2D eigenvalue weighted by atomic mass is 16.4. The molecule has 0 saturated carbocycles. The van der Waals surface area contributed by atoms with Crippen molar-refractivity contribution < 1.29 is 34.8 Å². The highest BCUT2D eigenvalue weighted by Crippen LogP contribution is 2.28. The van der Waals surface area contributed by atoms with Gasteiger partial charge in [-0.25, -0.2) is 4.79 Å². The third-order valence-electron chi connectivity index (χ3n) is 2.39. The lowest BCUT2D eigenvalue weighted by molar-refractivity contribution is -0.180. The number of amides is 1. The van der Waals surface area contributed by atoms with Crippen molar-refractivity contribution in [2.75, 3.05) is 6.54 Å². The zero-order valence-corrected chi connectivity index (χ0v) is 8.13. The number of β-amino-alcohol motifs (C(OH)–C–C–N with tert-alkyl or cyclic N) is 1. The van der Waals surface area contributed by atoms with E-state index in [0.717, 1.165) is 0 Å². The number of carbonyl (C=O) groups excluding carboxylic acids is 1. The Bertz CT molecular complexity index is 354. The van der Waals surface area contributed by atoms with E-state index in [-0.39, 0.29) is 6.54 Å². The lowest BCUT2D eigenvalue weighted by atomic mass is 9.80. The quantitative estimate of drug-likeness (QED) is 0.331. The fraction of sp³-hybridized carbons (Fsp3) is 0.625. The largest absolute Gasteiger partial charge is 0.481 e. The Hall–Kier alpha value is -1.67. The van der Waals surface area contributed by atoms with E-state index in [9.17, 15) is 24.6 Å². The molecule has 1 saturated heterocycles. The average molecular weight is 233 g/mol. The number of carbonyl (C=O) groups is 3. The number of nitrogens with one attached hydrogen (secondary N) is 1. The standard InChI is InChI=1S/C8H11NO7/c10-4(11)1-7(15,6(13)14)2-8(16)3-9-5(8)12/h15-16H,1-3H2,(H,9,12)(H,10,11)(H,13,14)/t7-,8-/m0/s1. The van der Waals surface area contributed by atoms with E-state index >= 15 is 0 Å². The van der Waals surface area contributed by atoms with E-state index in [2.05, 4.69) is 5.32 Å². The number of rotatable bonds is 5. The van der Waals surface area contributed by atoms with E-state index in [0.29, 0.717) is 0 Å². The zero-order chi connectivity index (χ0) is 12.6. The van der Waals surface area contributed by atoms with Crippen LogP contribution in [0.5, 0.6) is 0 Å². The summed E-state index contributed by atoms with van der Waals surface area (Å²) in [4.78, 5) is 32.0. The van der Waals surface area contributed by atoms with Gasteiger partial charge < -0.3 is 25.7 Å². The van der Waals surface area contributed by atoms with Crippen LogP contribution >= 0.6 is 0 Å². The molecule has 8 nitrogen and oxygen atoms in total. The van der Waals surface area contributed by atoms with E-state index in [1.165, 1.54) is 0 Å². The molecule has 0 aromatic carbocycles. The normalized spacial score (nSPS) is 27.5. The predicted octanol–water partition coefficient (Wildman–Crippen LogP) is -2.47. The topological polar surface area (TPSA) is 144 Å². The van der Waals surface area contributed by atoms with Gasteiger partial charge in [0, 0.05) is 6.42 Å². The Kier molecular flexibility index (Phi) is 2.89. The Balaban J connectivity index is 2.83. The SMILES string of the molecule is O=C(O)C[C@](O)(C[C@]1(O)CNC1=O)C(=O)O. The van der Waals surface area contributed by atoms with Crippen LogP contribution in [0.1, 0.15) is 12.8 Å². The molecule has 0 radical (unpaired) electrons. The number of aliphatic carboxylic acids is 2. The molecule has 0 unspecified atom stereocenters. The number of hydrogen-bond acceptors (Lipinski definition) is 5. The van der Waals surface area contributed by atoms with E-state index in [4.69, 9.17) is 10.2 Å². The Labute approximate surface area is 89.5 Å². The van der Waals surface area contributed by atoms with Crippen molar-refractivity contribution in [2.24, 2.45) is 0 Å². The van der Waals surface area contributed by atoms with Gasteiger partial charge in [0.25, 0.3) is 5.91 Å². The first kappa shape index (κ1) is 12.4. The van der Waals surface area contributed by atoms with Crippen LogP contribution in [0, 0.1) is 0 Å². The van der Waals surface area contributed by atoms with E-state index in [1.54, 1.807) is 0 Å². The molecule has 1 aliphatic rings. The van der Waals surface area contributed by atoms with Gasteiger partial charge in [0.2, 0.25) is 0 Å². The average Bonchev–Trinajstić information content (AvgIpc) is 2.13. The molecular weight excluding hydrogens is 222 g/mol. The minimum absolute atomic E-state index is 0.207. The molecule has 5 N–H and O–H groups in total. The molecule has 1 amide bonds. The van der Waals surface area contributed by atoms with Crippen LogP contribution in [0.25, 0.3) is 0 Å². The van der Waals surface area contributed by atoms with Crippen LogP contribution < -0.4 is 5.32 Å². The smallest absolute Gasteiger partial charge is 0.336 e. The van der Waals surface area contributed by atoms with Gasteiger partial charge in [-0.05, 0) is 0 Å². The Morgan fingerprint density at radius 1 is 1.44 bits per heavy atom. The summed E-state index contributed by atoms with van der Waals surface area (Å²) in [5.41, 5.74) is -4.67. The summed E-state index contributed by atoms with van der Waals surface area (Å²) < 4.78 is 0. The van der Waals surface area contributed by atoms with Gasteiger partial charge in [0.1, 0.15) is 0 Å². The van der Waals surface area contributed by atoms with Crippen molar-refractivity contribution in [3.63, 3.8) is 0 Å². The molecule has 1 fully saturated rings. The maximum Gasteiger partial charge on any atom is 0.336 e. The summed E-state index contributed by atoms with van der Waals surface area (Å²) >= 11 is 0. The Morgan fingerprint density at radius 3 is 2.25 bits per heavy atom. The monoisotopic (exact) mass is 233 g/mol. The van der Waals surface area contributed by atoms with Crippen LogP contribution in [0.3, 0.4) is 0 Å². The minimum Gasteiger partial charge on any atom is -0.481 e. The maximum absolute atomic E-state index is 10.9. The highest BCUT2D eigenvalue weighted by molar-refractivity contribution is 5.93. The fourth-order valence-electron chi connectivity index (χ4n) is 1.46. The molecule has 90 valence electrons. The molecule has 16 heavy (non-hydrogen) atoms. The van der Waals surface area contributed by atoms with Gasteiger partial charge in [0.05, 0.1) is 13.0 Å². The Morgan fingerprint density at radius 2 is 2.00 bits per heavy atom. The molecule has 1 heterocycles. The summed E-state index contributed by atoms with van der Waals surface area (Å²) in [5, 5.41) is 38.4. The summed E-state index contributed by atoms with van der Waals surface area (Å²) in [7, 11) is 0. The van der Waals surface area contributed by atoms with Gasteiger partial charge in [-0.2, -0.15) is 0 Å². The molecule has 0 aromatic heterocycles. The third-order valence-corrected chi connectivity index (χ3v) is 2.39. The van der Waals surface area contributed by atoms with Crippen LogP contribution in [-0.2, 0) is 14.4 Å². The first-order valence-electron chi connectivity index (χ1n) is 4.38. The first-order chi connectivity index (χ1) is 7.19. The fourth-order valence-corrected chi connectivity index (χ4v) is 1.46. The molecule has 0 aromatic rings. The first-order valence-corrected chi connectivity index (χ1v) is 4.38. The van der Waals surface area contributed by atoms with Crippen LogP contribution in [-0.4, -0.2) is 56.0 Å². The van der Waals surface area contributed by atoms with Crippen LogP contribution in [0.4, 0.5) is 0 Å². The maximum atomic E-state index is 10.9. The van der Waals surface area contributed by atoms with Crippen molar-refractivity contribution in [3.8, 4) is 0 Å². The molecule has 1 rings (SSSR count). The van der Waals surface area contributed by atoms with E-state index in [1.807, 2.05) is 0 Å². The lowest BCUT2D eigenvalue weighted by Gasteiger charge is -2.39. The van der Waals surface area contributed by atoms with Crippen molar-refractivity contribution in [3.05, 3.63) is 0 Å². The summed E-state index contributed by atoms with van der Waals surface area (Å²) in [6, 6.07) is 0. The van der Waals surface area contributed by atoms with E-state index < -0.39 is 41.9 Å². The second kappa shape index (κ2) is 3.72. The van der Waals surface area contributed by atoms with Crippen molar-refractivity contribution in [2.45, 2.75) is 24.0 Å². The minimum atomic E-state index is -2.65. The summed E-state index contributed by atoms with van der Waals surface area (Å²) in [6.07, 6.45) is -1.94.